The van der Waals surface area contributed by atoms with Crippen LogP contribution >= 0.6 is 11.6 Å². The number of nitrogen functional groups attached to an aromatic ring is 1. The van der Waals surface area contributed by atoms with E-state index < -0.39 is 18.5 Å². The van der Waals surface area contributed by atoms with Gasteiger partial charge in [-0.15, -0.1) is 0 Å². The minimum Gasteiger partial charge on any atom is -0.492 e. The van der Waals surface area contributed by atoms with Crippen LogP contribution in [0.1, 0.15) is 16.1 Å². The second-order valence-electron chi connectivity index (χ2n) is 4.33. The van der Waals surface area contributed by atoms with Crippen LogP contribution in [0.25, 0.3) is 11.4 Å². The average molecular weight is 344 g/mol. The molecule has 23 heavy (non-hydrogen) atoms. The Morgan fingerprint density at radius 1 is 1.35 bits per heavy atom. The first-order valence-corrected chi connectivity index (χ1v) is 6.65. The Kier molecular flexibility index (Phi) is 4.95. The van der Waals surface area contributed by atoms with Gasteiger partial charge in [0.25, 0.3) is 0 Å². The Labute approximate surface area is 135 Å². The number of nitrogens with zero attached hydrogens (tertiary/aromatic N) is 2. The molecule has 2 rings (SSSR count). The van der Waals surface area contributed by atoms with Gasteiger partial charge < -0.3 is 15.2 Å². The molecular formula is C14H12ClF2N3O3. The number of rotatable bonds is 4. The molecule has 2 aromatic rings. The maximum absolute atomic E-state index is 14.4. The van der Waals surface area contributed by atoms with Gasteiger partial charge in [-0.1, -0.05) is 11.6 Å². The SMILES string of the molecule is COC(=O)c1nc(-c2ccc(Cl)c(OC)c2F)nc(N)c1CF. The number of hydrogen-bond donors (Lipinski definition) is 1. The summed E-state index contributed by atoms with van der Waals surface area (Å²) in [6.07, 6.45) is 0. The molecule has 1 aromatic carbocycles. The molecular weight excluding hydrogens is 332 g/mol. The Bertz CT molecular complexity index is 771. The van der Waals surface area contributed by atoms with Gasteiger partial charge in [-0.05, 0) is 12.1 Å². The summed E-state index contributed by atoms with van der Waals surface area (Å²) in [4.78, 5) is 19.4. The molecule has 0 atom stereocenters. The summed E-state index contributed by atoms with van der Waals surface area (Å²) < 4.78 is 36.9. The molecule has 0 amide bonds. The molecule has 0 saturated heterocycles. The molecule has 0 radical (unpaired) electrons. The van der Waals surface area contributed by atoms with E-state index in [1.165, 1.54) is 19.2 Å². The predicted octanol–water partition coefficient (Wildman–Crippen LogP) is 2.78. The Morgan fingerprint density at radius 2 is 2.04 bits per heavy atom. The highest BCUT2D eigenvalue weighted by Gasteiger charge is 2.23. The van der Waals surface area contributed by atoms with Gasteiger partial charge >= 0.3 is 5.97 Å². The smallest absolute Gasteiger partial charge is 0.357 e. The Morgan fingerprint density at radius 3 is 2.61 bits per heavy atom. The summed E-state index contributed by atoms with van der Waals surface area (Å²) in [5.74, 6) is -2.45. The van der Waals surface area contributed by atoms with Crippen LogP contribution < -0.4 is 10.5 Å². The Hall–Kier alpha value is -2.48. The molecule has 0 aliphatic rings. The van der Waals surface area contributed by atoms with Crippen LogP contribution in [0.5, 0.6) is 5.75 Å². The average Bonchev–Trinajstić information content (AvgIpc) is 2.53. The highest BCUT2D eigenvalue weighted by molar-refractivity contribution is 6.32. The molecule has 0 unspecified atom stereocenters. The van der Waals surface area contributed by atoms with E-state index in [9.17, 15) is 13.6 Å². The Balaban J connectivity index is 2.70. The van der Waals surface area contributed by atoms with Crippen LogP contribution in [0.2, 0.25) is 5.02 Å². The zero-order valence-corrected chi connectivity index (χ0v) is 12.9. The number of methoxy groups -OCH3 is 2. The van der Waals surface area contributed by atoms with E-state index in [1.807, 2.05) is 0 Å². The van der Waals surface area contributed by atoms with Gasteiger partial charge in [0.2, 0.25) is 0 Å². The summed E-state index contributed by atoms with van der Waals surface area (Å²) in [7, 11) is 2.35. The van der Waals surface area contributed by atoms with Gasteiger partial charge in [-0.2, -0.15) is 0 Å². The summed E-state index contributed by atoms with van der Waals surface area (Å²) in [5, 5.41) is 0.0512. The summed E-state index contributed by atoms with van der Waals surface area (Å²) in [6, 6.07) is 2.67. The lowest BCUT2D eigenvalue weighted by Gasteiger charge is -2.12. The third-order valence-electron chi connectivity index (χ3n) is 3.05. The summed E-state index contributed by atoms with van der Waals surface area (Å²) in [6.45, 7) is -1.07. The van der Waals surface area contributed by atoms with Crippen molar-refractivity contribution < 1.29 is 23.0 Å². The second-order valence-corrected chi connectivity index (χ2v) is 4.73. The third-order valence-corrected chi connectivity index (χ3v) is 3.34. The quantitative estimate of drug-likeness (QED) is 0.859. The molecule has 122 valence electrons. The van der Waals surface area contributed by atoms with Crippen LogP contribution in [-0.2, 0) is 11.4 Å². The van der Waals surface area contributed by atoms with Crippen LogP contribution in [-0.4, -0.2) is 30.2 Å². The van der Waals surface area contributed by atoms with E-state index in [4.69, 9.17) is 22.1 Å². The van der Waals surface area contributed by atoms with Crippen molar-refractivity contribution in [1.82, 2.24) is 9.97 Å². The summed E-state index contributed by atoms with van der Waals surface area (Å²) >= 11 is 5.82. The lowest BCUT2D eigenvalue weighted by atomic mass is 10.1. The fourth-order valence-corrected chi connectivity index (χ4v) is 2.13. The monoisotopic (exact) mass is 343 g/mol. The van der Waals surface area contributed by atoms with E-state index >= 15 is 0 Å². The fourth-order valence-electron chi connectivity index (χ4n) is 1.91. The van der Waals surface area contributed by atoms with Gasteiger partial charge in [0, 0.05) is 0 Å². The number of esters is 1. The third kappa shape index (κ3) is 3.02. The fraction of sp³-hybridized carbons (Fsp3) is 0.214. The molecule has 2 N–H and O–H groups in total. The molecule has 9 heteroatoms. The van der Waals surface area contributed by atoms with Gasteiger partial charge in [0.05, 0.1) is 30.4 Å². The van der Waals surface area contributed by atoms with E-state index in [0.717, 1.165) is 7.11 Å². The number of halogens is 3. The highest BCUT2D eigenvalue weighted by Crippen LogP contribution is 2.34. The number of carbonyl (C=O) groups excluding carboxylic acids is 1. The van der Waals surface area contributed by atoms with Crippen molar-refractivity contribution in [3.8, 4) is 17.1 Å². The molecule has 1 heterocycles. The molecule has 0 aliphatic heterocycles. The van der Waals surface area contributed by atoms with Gasteiger partial charge in [0.1, 0.15) is 12.5 Å². The zero-order valence-electron chi connectivity index (χ0n) is 12.2. The largest absolute Gasteiger partial charge is 0.492 e. The van der Waals surface area contributed by atoms with E-state index in [2.05, 4.69) is 14.7 Å². The molecule has 0 spiro atoms. The summed E-state index contributed by atoms with van der Waals surface area (Å²) in [5.41, 5.74) is 4.94. The number of nitrogens with two attached hydrogens (primary N) is 1. The molecule has 6 nitrogen and oxygen atoms in total. The maximum atomic E-state index is 14.4. The van der Waals surface area contributed by atoms with Gasteiger partial charge in [-0.25, -0.2) is 23.5 Å². The minimum atomic E-state index is -1.07. The second kappa shape index (κ2) is 6.74. The van der Waals surface area contributed by atoms with Gasteiger partial charge in [-0.3, -0.25) is 0 Å². The van der Waals surface area contributed by atoms with Crippen molar-refractivity contribution in [3.63, 3.8) is 0 Å². The maximum Gasteiger partial charge on any atom is 0.357 e. The minimum absolute atomic E-state index is 0.0512. The predicted molar refractivity (Wildman–Crippen MR) is 79.6 cm³/mol. The lowest BCUT2D eigenvalue weighted by Crippen LogP contribution is -2.13. The number of ether oxygens (including phenoxy) is 2. The van der Waals surface area contributed by atoms with Gasteiger partial charge in [0.15, 0.2) is 23.1 Å². The van der Waals surface area contributed by atoms with Crippen molar-refractivity contribution in [2.24, 2.45) is 0 Å². The first-order chi connectivity index (χ1) is 10.9. The normalized spacial score (nSPS) is 10.5. The molecule has 1 aromatic heterocycles. The lowest BCUT2D eigenvalue weighted by molar-refractivity contribution is 0.0591. The number of benzene rings is 1. The standard InChI is InChI=1S/C14H12ClF2N3O3/c1-22-11-8(15)4-3-6(9(11)17)13-19-10(14(21)23-2)7(5-16)12(18)20-13/h3-4H,5H2,1-2H3,(H2,18,19,20). The number of aromatic nitrogens is 2. The molecule has 0 bridgehead atoms. The number of carbonyl (C=O) groups is 1. The highest BCUT2D eigenvalue weighted by atomic mass is 35.5. The van der Waals surface area contributed by atoms with Crippen molar-refractivity contribution >= 4 is 23.4 Å². The van der Waals surface area contributed by atoms with Crippen LogP contribution in [0, 0.1) is 5.82 Å². The first-order valence-electron chi connectivity index (χ1n) is 6.27. The first kappa shape index (κ1) is 16.9. The van der Waals surface area contributed by atoms with Crippen molar-refractivity contribution in [3.05, 3.63) is 34.2 Å². The number of anilines is 1. The van der Waals surface area contributed by atoms with Crippen molar-refractivity contribution in [1.29, 1.82) is 0 Å². The number of alkyl halides is 1. The molecule has 0 saturated carbocycles. The zero-order chi connectivity index (χ0) is 17.1. The number of hydrogen-bond acceptors (Lipinski definition) is 6. The molecule has 0 fully saturated rings. The van der Waals surface area contributed by atoms with E-state index in [0.29, 0.717) is 0 Å². The van der Waals surface area contributed by atoms with Crippen LogP contribution in [0.4, 0.5) is 14.6 Å². The molecule has 0 aliphatic carbocycles. The van der Waals surface area contributed by atoms with E-state index in [-0.39, 0.29) is 39.2 Å². The van der Waals surface area contributed by atoms with Crippen LogP contribution in [0.15, 0.2) is 12.1 Å². The van der Waals surface area contributed by atoms with Crippen molar-refractivity contribution in [2.45, 2.75) is 6.67 Å². The van der Waals surface area contributed by atoms with Crippen molar-refractivity contribution in [2.75, 3.05) is 20.0 Å². The van der Waals surface area contributed by atoms with Crippen LogP contribution in [0.3, 0.4) is 0 Å². The topological polar surface area (TPSA) is 87.3 Å². The van der Waals surface area contributed by atoms with E-state index in [1.54, 1.807) is 0 Å².